The molecule has 3 atom stereocenters. The lowest BCUT2D eigenvalue weighted by molar-refractivity contribution is -0.441. The minimum Gasteiger partial charge on any atom is -0.491 e. The van der Waals surface area contributed by atoms with Crippen LogP contribution in [0.4, 0.5) is 57.1 Å². The van der Waals surface area contributed by atoms with E-state index in [1.165, 1.54) is 36.4 Å². The number of benzene rings is 2. The third-order valence-electron chi connectivity index (χ3n) is 6.75. The molecule has 2 aromatic carbocycles. The van der Waals surface area contributed by atoms with Crippen LogP contribution in [-0.2, 0) is 5.60 Å². The third-order valence-corrected chi connectivity index (χ3v) is 6.75. The Morgan fingerprint density at radius 1 is 0.683 bits per heavy atom. The van der Waals surface area contributed by atoms with E-state index < -0.39 is 65.4 Å². The van der Waals surface area contributed by atoms with Crippen molar-refractivity contribution < 1.29 is 66.9 Å². The minimum atomic E-state index is -8.03. The lowest BCUT2D eigenvalue weighted by atomic mass is 9.73. The van der Waals surface area contributed by atoms with E-state index in [1.54, 1.807) is 13.8 Å². The molecular weight excluding hydrogens is 591 g/mol. The molecule has 2 aromatic rings. The smallest absolute Gasteiger partial charge is 0.460 e. The Kier molecular flexibility index (Phi) is 9.40. The standard InChI is InChI=1S/C26H25F13O2/c1-4-15(2)41-19-12-8-11-18(13-19)20(40,16(3)17-9-6-5-7-10-17)14-21(27,28)22(29,30)23(31,32)24(33,34)25(35,36)26(37,38)39/h5-13,15-16,40H,4,14H2,1-3H3. The summed E-state index contributed by atoms with van der Waals surface area (Å²) in [5.74, 6) is -39.6. The summed E-state index contributed by atoms with van der Waals surface area (Å²) in [6, 6.07) is 10.7. The predicted octanol–water partition coefficient (Wildman–Crippen LogP) is 8.98. The van der Waals surface area contributed by atoms with E-state index in [-0.39, 0.29) is 11.3 Å². The van der Waals surface area contributed by atoms with Gasteiger partial charge < -0.3 is 9.84 Å². The molecule has 15 heteroatoms. The summed E-state index contributed by atoms with van der Waals surface area (Å²) < 4.78 is 185. The highest BCUT2D eigenvalue weighted by atomic mass is 19.4. The second-order valence-electron chi connectivity index (χ2n) is 9.60. The van der Waals surface area contributed by atoms with Gasteiger partial charge in [-0.1, -0.05) is 56.3 Å². The van der Waals surface area contributed by atoms with E-state index in [1.807, 2.05) is 0 Å². The van der Waals surface area contributed by atoms with Crippen LogP contribution in [0.25, 0.3) is 0 Å². The molecule has 232 valence electrons. The van der Waals surface area contributed by atoms with Gasteiger partial charge in [0.15, 0.2) is 0 Å². The lowest BCUT2D eigenvalue weighted by Gasteiger charge is -2.43. The number of hydrogen-bond acceptors (Lipinski definition) is 2. The summed E-state index contributed by atoms with van der Waals surface area (Å²) in [7, 11) is 0. The maximum atomic E-state index is 15.1. The highest BCUT2D eigenvalue weighted by Crippen LogP contribution is 2.62. The molecule has 3 unspecified atom stereocenters. The van der Waals surface area contributed by atoms with E-state index >= 15 is 8.78 Å². The zero-order valence-electron chi connectivity index (χ0n) is 21.5. The molecule has 0 saturated heterocycles. The van der Waals surface area contributed by atoms with Crippen molar-refractivity contribution in [2.75, 3.05) is 0 Å². The van der Waals surface area contributed by atoms with E-state index in [9.17, 15) is 53.4 Å². The van der Waals surface area contributed by atoms with Crippen LogP contribution >= 0.6 is 0 Å². The van der Waals surface area contributed by atoms with Crippen LogP contribution in [0.3, 0.4) is 0 Å². The maximum Gasteiger partial charge on any atom is 0.460 e. The fraction of sp³-hybridized carbons (Fsp3) is 0.538. The van der Waals surface area contributed by atoms with E-state index in [0.29, 0.717) is 6.42 Å². The number of alkyl halides is 13. The first kappa shape index (κ1) is 34.5. The van der Waals surface area contributed by atoms with Gasteiger partial charge in [-0.2, -0.15) is 57.1 Å². The van der Waals surface area contributed by atoms with Gasteiger partial charge in [0.25, 0.3) is 0 Å². The summed E-state index contributed by atoms with van der Waals surface area (Å²) >= 11 is 0. The molecule has 0 saturated carbocycles. The first-order valence-electron chi connectivity index (χ1n) is 11.9. The molecule has 0 bridgehead atoms. The average molecular weight is 616 g/mol. The Balaban J connectivity index is 2.71. The molecule has 1 N–H and O–H groups in total. The van der Waals surface area contributed by atoms with Crippen LogP contribution in [0.2, 0.25) is 0 Å². The number of ether oxygens (including phenoxy) is 1. The van der Waals surface area contributed by atoms with Gasteiger partial charge in [0.1, 0.15) is 11.4 Å². The second-order valence-corrected chi connectivity index (χ2v) is 9.60. The van der Waals surface area contributed by atoms with Gasteiger partial charge >= 0.3 is 35.8 Å². The summed E-state index contributed by atoms with van der Waals surface area (Å²) in [6.45, 7) is 4.28. The second kappa shape index (κ2) is 11.2. The Morgan fingerprint density at radius 3 is 1.68 bits per heavy atom. The Bertz CT molecular complexity index is 1170. The molecule has 41 heavy (non-hydrogen) atoms. The summed E-state index contributed by atoms with van der Waals surface area (Å²) in [5, 5.41) is 11.4. The number of halogens is 13. The Labute approximate surface area is 226 Å². The molecule has 0 aliphatic heterocycles. The molecule has 0 heterocycles. The molecule has 0 spiro atoms. The zero-order valence-corrected chi connectivity index (χ0v) is 21.5. The van der Waals surface area contributed by atoms with Crippen LogP contribution in [-0.4, -0.2) is 47.0 Å². The van der Waals surface area contributed by atoms with E-state index in [4.69, 9.17) is 4.74 Å². The molecule has 0 amide bonds. The van der Waals surface area contributed by atoms with Crippen molar-refractivity contribution in [3.63, 3.8) is 0 Å². The van der Waals surface area contributed by atoms with Crippen molar-refractivity contribution in [2.45, 2.75) is 87.0 Å². The zero-order chi connectivity index (χ0) is 31.9. The van der Waals surface area contributed by atoms with Crippen LogP contribution < -0.4 is 4.74 Å². The highest BCUT2D eigenvalue weighted by molar-refractivity contribution is 5.37. The van der Waals surface area contributed by atoms with Crippen LogP contribution in [0, 0.1) is 0 Å². The molecule has 0 aromatic heterocycles. The third kappa shape index (κ3) is 5.96. The van der Waals surface area contributed by atoms with Crippen LogP contribution in [0.1, 0.15) is 50.7 Å². The summed E-state index contributed by atoms with van der Waals surface area (Å²) in [5.41, 5.74) is -4.01. The first-order chi connectivity index (χ1) is 18.4. The van der Waals surface area contributed by atoms with E-state index in [0.717, 1.165) is 25.1 Å². The molecule has 2 rings (SSSR count). The fourth-order valence-electron chi connectivity index (χ4n) is 3.93. The van der Waals surface area contributed by atoms with Crippen molar-refractivity contribution in [3.05, 3.63) is 65.7 Å². The van der Waals surface area contributed by atoms with E-state index in [2.05, 4.69) is 0 Å². The maximum absolute atomic E-state index is 15.1. The highest BCUT2D eigenvalue weighted by Gasteiger charge is 2.90. The van der Waals surface area contributed by atoms with Crippen molar-refractivity contribution in [3.8, 4) is 5.75 Å². The van der Waals surface area contributed by atoms with Gasteiger partial charge in [0.05, 0.1) is 12.5 Å². The summed E-state index contributed by atoms with van der Waals surface area (Å²) in [4.78, 5) is 0. The summed E-state index contributed by atoms with van der Waals surface area (Å²) in [6.07, 6.45) is -10.4. The molecular formula is C26H25F13O2. The largest absolute Gasteiger partial charge is 0.491 e. The molecule has 0 radical (unpaired) electrons. The number of aliphatic hydroxyl groups is 1. The van der Waals surface area contributed by atoms with Gasteiger partial charge in [-0.25, -0.2) is 0 Å². The van der Waals surface area contributed by atoms with Gasteiger partial charge in [-0.3, -0.25) is 0 Å². The quantitative estimate of drug-likeness (QED) is 0.241. The van der Waals surface area contributed by atoms with Crippen molar-refractivity contribution in [1.29, 1.82) is 0 Å². The van der Waals surface area contributed by atoms with Gasteiger partial charge in [-0.15, -0.1) is 0 Å². The van der Waals surface area contributed by atoms with Gasteiger partial charge in [-0.05, 0) is 36.6 Å². The predicted molar refractivity (Wildman–Crippen MR) is 121 cm³/mol. The number of rotatable bonds is 12. The minimum absolute atomic E-state index is 0.0388. The normalized spacial score (nSPS) is 17.1. The van der Waals surface area contributed by atoms with Crippen molar-refractivity contribution in [1.82, 2.24) is 0 Å². The molecule has 0 aliphatic carbocycles. The molecule has 2 nitrogen and oxygen atoms in total. The topological polar surface area (TPSA) is 29.5 Å². The van der Waals surface area contributed by atoms with Crippen LogP contribution in [0.15, 0.2) is 54.6 Å². The Morgan fingerprint density at radius 2 is 1.20 bits per heavy atom. The monoisotopic (exact) mass is 616 g/mol. The first-order valence-corrected chi connectivity index (χ1v) is 11.9. The molecule has 0 fully saturated rings. The SMILES string of the molecule is CCC(C)Oc1cccc(C(O)(CC(F)(F)C(F)(F)C(F)(F)C(F)(F)C(F)(F)C(F)(F)F)C(C)c2ccccc2)c1. The van der Waals surface area contributed by atoms with Crippen molar-refractivity contribution >= 4 is 0 Å². The fourth-order valence-corrected chi connectivity index (χ4v) is 3.93. The molecule has 0 aliphatic rings. The van der Waals surface area contributed by atoms with Crippen molar-refractivity contribution in [2.24, 2.45) is 0 Å². The Hall–Kier alpha value is -2.71. The van der Waals surface area contributed by atoms with Crippen LogP contribution in [0.5, 0.6) is 5.75 Å². The lowest BCUT2D eigenvalue weighted by Crippen LogP contribution is -2.70. The average Bonchev–Trinajstić information content (AvgIpc) is 2.87. The van der Waals surface area contributed by atoms with Gasteiger partial charge in [0, 0.05) is 5.92 Å². The number of hydrogen-bond donors (Lipinski definition) is 1. The van der Waals surface area contributed by atoms with Gasteiger partial charge in [0.2, 0.25) is 0 Å².